The van der Waals surface area contributed by atoms with Crippen molar-refractivity contribution < 1.29 is 10.0 Å². The zero-order valence-electron chi connectivity index (χ0n) is 8.10. The molecule has 0 aromatic rings. The molecule has 1 saturated heterocycles. The lowest BCUT2D eigenvalue weighted by atomic mass is 9.76. The molecule has 1 atom stereocenters. The van der Waals surface area contributed by atoms with Gasteiger partial charge in [0.25, 0.3) is 5.91 Å². The van der Waals surface area contributed by atoms with Gasteiger partial charge in [0.1, 0.15) is 0 Å². The van der Waals surface area contributed by atoms with E-state index in [0.29, 0.717) is 6.54 Å². The second kappa shape index (κ2) is 4.58. The van der Waals surface area contributed by atoms with Gasteiger partial charge in [-0.15, -0.1) is 0 Å². The zero-order valence-corrected chi connectivity index (χ0v) is 8.10. The summed E-state index contributed by atoms with van der Waals surface area (Å²) in [7, 11) is 0. The molecule has 1 heterocycles. The van der Waals surface area contributed by atoms with Gasteiger partial charge in [-0.25, -0.2) is 5.48 Å². The van der Waals surface area contributed by atoms with Gasteiger partial charge >= 0.3 is 0 Å². The Morgan fingerprint density at radius 3 is 2.92 bits per heavy atom. The van der Waals surface area contributed by atoms with E-state index in [1.807, 2.05) is 0 Å². The number of piperidine rings is 1. The average Bonchev–Trinajstić information content (AvgIpc) is 2.18. The zero-order chi connectivity index (χ0) is 9.73. The molecular weight excluding hydrogens is 168 g/mol. The van der Waals surface area contributed by atoms with Gasteiger partial charge in [0.15, 0.2) is 0 Å². The first-order valence-electron chi connectivity index (χ1n) is 4.90. The van der Waals surface area contributed by atoms with Crippen molar-refractivity contribution >= 4 is 5.91 Å². The van der Waals surface area contributed by atoms with Gasteiger partial charge in [0, 0.05) is 6.54 Å². The highest BCUT2D eigenvalue weighted by atomic mass is 16.5. The Kier molecular flexibility index (Phi) is 3.69. The Morgan fingerprint density at radius 2 is 2.46 bits per heavy atom. The molecule has 0 aliphatic carbocycles. The van der Waals surface area contributed by atoms with Crippen molar-refractivity contribution in [3.63, 3.8) is 0 Å². The number of hydrogen-bond acceptors (Lipinski definition) is 3. The summed E-state index contributed by atoms with van der Waals surface area (Å²) in [6.45, 7) is 3.72. The highest BCUT2D eigenvalue weighted by Gasteiger charge is 2.38. The number of hydrogen-bond donors (Lipinski definition) is 3. The summed E-state index contributed by atoms with van der Waals surface area (Å²) in [5.41, 5.74) is 1.41. The second-order valence-corrected chi connectivity index (χ2v) is 3.75. The predicted octanol–water partition coefficient (Wildman–Crippen LogP) is 0.662. The SMILES string of the molecule is CCCC1(C(=O)NO)CCCNC1. The maximum atomic E-state index is 11.5. The summed E-state index contributed by atoms with van der Waals surface area (Å²) in [5, 5.41) is 11.9. The standard InChI is InChI=1S/C9H18N2O2/c1-2-4-9(8(12)11-13)5-3-6-10-7-9/h10,13H,2-7H2,1H3,(H,11,12). The van der Waals surface area contributed by atoms with Gasteiger partial charge in [-0.05, 0) is 25.8 Å². The van der Waals surface area contributed by atoms with Crippen LogP contribution in [0.2, 0.25) is 0 Å². The summed E-state index contributed by atoms with van der Waals surface area (Å²) in [4.78, 5) is 11.5. The van der Waals surface area contributed by atoms with Crippen LogP contribution in [-0.4, -0.2) is 24.2 Å². The predicted molar refractivity (Wildman–Crippen MR) is 49.4 cm³/mol. The number of hydroxylamine groups is 1. The molecule has 1 rings (SSSR count). The molecule has 0 saturated carbocycles. The second-order valence-electron chi connectivity index (χ2n) is 3.75. The maximum absolute atomic E-state index is 11.5. The molecule has 1 fully saturated rings. The minimum atomic E-state index is -0.373. The Hall–Kier alpha value is -0.610. The molecule has 4 nitrogen and oxygen atoms in total. The van der Waals surface area contributed by atoms with Crippen LogP contribution >= 0.6 is 0 Å². The minimum absolute atomic E-state index is 0.235. The summed E-state index contributed by atoms with van der Waals surface area (Å²) >= 11 is 0. The molecule has 0 aromatic heterocycles. The molecule has 0 bridgehead atoms. The number of nitrogens with one attached hydrogen (secondary N) is 2. The van der Waals surface area contributed by atoms with Gasteiger partial charge in [-0.2, -0.15) is 0 Å². The molecule has 1 aliphatic heterocycles. The van der Waals surface area contributed by atoms with E-state index >= 15 is 0 Å². The van der Waals surface area contributed by atoms with Gasteiger partial charge < -0.3 is 5.32 Å². The van der Waals surface area contributed by atoms with E-state index in [9.17, 15) is 4.79 Å². The molecule has 3 N–H and O–H groups in total. The van der Waals surface area contributed by atoms with Crippen LogP contribution in [0.5, 0.6) is 0 Å². The molecule has 1 aliphatic rings. The van der Waals surface area contributed by atoms with Crippen molar-refractivity contribution in [1.82, 2.24) is 10.8 Å². The fraction of sp³-hybridized carbons (Fsp3) is 0.889. The molecule has 0 radical (unpaired) electrons. The monoisotopic (exact) mass is 186 g/mol. The van der Waals surface area contributed by atoms with Crippen molar-refractivity contribution in [3.8, 4) is 0 Å². The van der Waals surface area contributed by atoms with Crippen molar-refractivity contribution in [2.24, 2.45) is 5.41 Å². The lowest BCUT2D eigenvalue weighted by Crippen LogP contribution is -2.49. The largest absolute Gasteiger partial charge is 0.316 e. The summed E-state index contributed by atoms with van der Waals surface area (Å²) < 4.78 is 0. The van der Waals surface area contributed by atoms with Crippen LogP contribution in [0.15, 0.2) is 0 Å². The Labute approximate surface area is 78.7 Å². The normalized spacial score (nSPS) is 28.5. The third-order valence-corrected chi connectivity index (χ3v) is 2.78. The molecular formula is C9H18N2O2. The molecule has 13 heavy (non-hydrogen) atoms. The van der Waals surface area contributed by atoms with Crippen LogP contribution in [0.1, 0.15) is 32.6 Å². The number of rotatable bonds is 3. The highest BCUT2D eigenvalue weighted by molar-refractivity contribution is 5.81. The molecule has 0 aromatic carbocycles. The highest BCUT2D eigenvalue weighted by Crippen LogP contribution is 2.31. The van der Waals surface area contributed by atoms with Crippen LogP contribution < -0.4 is 10.8 Å². The van der Waals surface area contributed by atoms with Crippen molar-refractivity contribution in [2.75, 3.05) is 13.1 Å². The Balaban J connectivity index is 2.66. The topological polar surface area (TPSA) is 61.4 Å². The third-order valence-electron chi connectivity index (χ3n) is 2.78. The van der Waals surface area contributed by atoms with E-state index in [1.54, 1.807) is 5.48 Å². The molecule has 4 heteroatoms. The first-order chi connectivity index (χ1) is 6.25. The number of amides is 1. The van der Waals surface area contributed by atoms with Crippen molar-refractivity contribution in [3.05, 3.63) is 0 Å². The third kappa shape index (κ3) is 2.19. The van der Waals surface area contributed by atoms with Crippen LogP contribution in [0.25, 0.3) is 0 Å². The quantitative estimate of drug-likeness (QED) is 0.448. The Bertz CT molecular complexity index is 171. The fourth-order valence-electron chi connectivity index (χ4n) is 2.09. The maximum Gasteiger partial charge on any atom is 0.250 e. The van der Waals surface area contributed by atoms with Crippen LogP contribution in [0.3, 0.4) is 0 Å². The van der Waals surface area contributed by atoms with E-state index in [-0.39, 0.29) is 11.3 Å². The van der Waals surface area contributed by atoms with Gasteiger partial charge in [0.05, 0.1) is 5.41 Å². The number of carbonyl (C=O) groups excluding carboxylic acids is 1. The first-order valence-corrected chi connectivity index (χ1v) is 4.90. The van der Waals surface area contributed by atoms with E-state index in [0.717, 1.165) is 32.2 Å². The lowest BCUT2D eigenvalue weighted by molar-refractivity contribution is -0.141. The van der Waals surface area contributed by atoms with Crippen LogP contribution in [-0.2, 0) is 4.79 Å². The van der Waals surface area contributed by atoms with Crippen molar-refractivity contribution in [1.29, 1.82) is 0 Å². The van der Waals surface area contributed by atoms with E-state index < -0.39 is 0 Å². The van der Waals surface area contributed by atoms with E-state index in [2.05, 4.69) is 12.2 Å². The van der Waals surface area contributed by atoms with Gasteiger partial charge in [-0.1, -0.05) is 13.3 Å². The van der Waals surface area contributed by atoms with Crippen LogP contribution in [0, 0.1) is 5.41 Å². The average molecular weight is 186 g/mol. The van der Waals surface area contributed by atoms with Gasteiger partial charge in [0.2, 0.25) is 0 Å². The van der Waals surface area contributed by atoms with Crippen molar-refractivity contribution in [2.45, 2.75) is 32.6 Å². The smallest absolute Gasteiger partial charge is 0.250 e. The minimum Gasteiger partial charge on any atom is -0.316 e. The van der Waals surface area contributed by atoms with Gasteiger partial charge in [-0.3, -0.25) is 10.0 Å². The molecule has 0 spiro atoms. The van der Waals surface area contributed by atoms with E-state index in [4.69, 9.17) is 5.21 Å². The summed E-state index contributed by atoms with van der Waals surface area (Å²) in [6.07, 6.45) is 3.69. The summed E-state index contributed by atoms with van der Waals surface area (Å²) in [6, 6.07) is 0. The molecule has 1 amide bonds. The molecule has 76 valence electrons. The van der Waals surface area contributed by atoms with Crippen LogP contribution in [0.4, 0.5) is 0 Å². The first kappa shape index (κ1) is 10.5. The number of carbonyl (C=O) groups is 1. The fourth-order valence-corrected chi connectivity index (χ4v) is 2.09. The Morgan fingerprint density at radius 1 is 1.69 bits per heavy atom. The molecule has 1 unspecified atom stereocenters. The van der Waals surface area contributed by atoms with E-state index in [1.165, 1.54) is 0 Å². The summed E-state index contributed by atoms with van der Waals surface area (Å²) in [5.74, 6) is -0.235. The lowest BCUT2D eigenvalue weighted by Gasteiger charge is -2.35.